The summed E-state index contributed by atoms with van der Waals surface area (Å²) in [5.74, 6) is 1.28. The average molecular weight is 378 g/mol. The Morgan fingerprint density at radius 1 is 1.25 bits per heavy atom. The van der Waals surface area contributed by atoms with E-state index in [1.54, 1.807) is 18.0 Å². The molecule has 1 fully saturated rings. The Bertz CT molecular complexity index is 989. The van der Waals surface area contributed by atoms with E-state index in [0.717, 1.165) is 28.9 Å². The molecule has 28 heavy (non-hydrogen) atoms. The number of benzene rings is 1. The Kier molecular flexibility index (Phi) is 5.28. The largest absolute Gasteiger partial charge is 0.497 e. The first kappa shape index (κ1) is 18.5. The van der Waals surface area contributed by atoms with Crippen molar-refractivity contribution in [2.24, 2.45) is 13.0 Å². The number of rotatable bonds is 5. The van der Waals surface area contributed by atoms with Gasteiger partial charge in [0.1, 0.15) is 5.75 Å². The molecule has 1 aliphatic carbocycles. The van der Waals surface area contributed by atoms with Gasteiger partial charge >= 0.3 is 0 Å². The molecule has 2 heterocycles. The number of carbonyl (C=O) groups excluding carboxylic acids is 1. The fourth-order valence-corrected chi connectivity index (χ4v) is 3.96. The van der Waals surface area contributed by atoms with Crippen molar-refractivity contribution in [2.75, 3.05) is 13.7 Å². The molecule has 0 atom stereocenters. The molecule has 0 saturated heterocycles. The van der Waals surface area contributed by atoms with Crippen molar-refractivity contribution in [3.8, 4) is 17.0 Å². The van der Waals surface area contributed by atoms with E-state index in [-0.39, 0.29) is 5.91 Å². The van der Waals surface area contributed by atoms with E-state index in [4.69, 9.17) is 9.72 Å². The quantitative estimate of drug-likeness (QED) is 0.730. The molecule has 3 aromatic rings. The van der Waals surface area contributed by atoms with Crippen molar-refractivity contribution in [1.82, 2.24) is 20.1 Å². The summed E-state index contributed by atoms with van der Waals surface area (Å²) in [6, 6.07) is 9.57. The lowest BCUT2D eigenvalue weighted by atomic mass is 9.89. The van der Waals surface area contributed by atoms with Crippen LogP contribution in [-0.4, -0.2) is 34.3 Å². The monoisotopic (exact) mass is 378 g/mol. The Morgan fingerprint density at radius 3 is 2.86 bits per heavy atom. The average Bonchev–Trinajstić information content (AvgIpc) is 3.13. The highest BCUT2D eigenvalue weighted by atomic mass is 16.5. The molecule has 1 amide bonds. The maximum atomic E-state index is 13.0. The molecule has 0 bridgehead atoms. The number of methoxy groups -OCH3 is 1. The number of amides is 1. The van der Waals surface area contributed by atoms with Crippen molar-refractivity contribution >= 4 is 16.9 Å². The highest BCUT2D eigenvalue weighted by Crippen LogP contribution is 2.27. The highest BCUT2D eigenvalue weighted by Gasteiger charge is 2.19. The Hall–Kier alpha value is -2.89. The Balaban J connectivity index is 1.67. The summed E-state index contributed by atoms with van der Waals surface area (Å²) in [4.78, 5) is 17.8. The third kappa shape index (κ3) is 3.72. The molecule has 6 nitrogen and oxygen atoms in total. The minimum absolute atomic E-state index is 0.0601. The molecule has 1 aliphatic rings. The molecule has 4 rings (SSSR count). The normalized spacial score (nSPS) is 14.9. The summed E-state index contributed by atoms with van der Waals surface area (Å²) < 4.78 is 7.04. The second kappa shape index (κ2) is 8.00. The van der Waals surface area contributed by atoms with Gasteiger partial charge in [0, 0.05) is 19.2 Å². The SMILES string of the molecule is COc1cccc(-c2cc(C(=O)NCC3CCCCC3)c3cnn(C)c3n2)c1. The van der Waals surface area contributed by atoms with Gasteiger partial charge in [0.25, 0.3) is 5.91 Å². The van der Waals surface area contributed by atoms with Crippen LogP contribution in [0.25, 0.3) is 22.3 Å². The molecule has 1 saturated carbocycles. The summed E-state index contributed by atoms with van der Waals surface area (Å²) in [6.07, 6.45) is 7.97. The number of hydrogen-bond acceptors (Lipinski definition) is 4. The summed E-state index contributed by atoms with van der Waals surface area (Å²) in [7, 11) is 3.48. The molecule has 0 radical (unpaired) electrons. The number of nitrogens with one attached hydrogen (secondary N) is 1. The van der Waals surface area contributed by atoms with Gasteiger partial charge in [-0.25, -0.2) is 4.98 Å². The van der Waals surface area contributed by atoms with Gasteiger partial charge in [0.05, 0.1) is 30.0 Å². The van der Waals surface area contributed by atoms with Crippen LogP contribution in [0.4, 0.5) is 0 Å². The van der Waals surface area contributed by atoms with Crippen molar-refractivity contribution in [2.45, 2.75) is 32.1 Å². The zero-order valence-corrected chi connectivity index (χ0v) is 16.4. The molecule has 6 heteroatoms. The molecule has 146 valence electrons. The first-order valence-electron chi connectivity index (χ1n) is 9.91. The number of ether oxygens (including phenoxy) is 1. The standard InChI is InChI=1S/C22H26N4O2/c1-26-21-19(14-24-26)18(22(27)23-13-15-7-4-3-5-8-15)12-20(25-21)16-9-6-10-17(11-16)28-2/h6,9-12,14-15H,3-5,7-8,13H2,1-2H3,(H,23,27). The summed E-state index contributed by atoms with van der Waals surface area (Å²) in [6.45, 7) is 0.734. The fraction of sp³-hybridized carbons (Fsp3) is 0.409. The first-order valence-corrected chi connectivity index (χ1v) is 9.91. The maximum absolute atomic E-state index is 13.0. The van der Waals surface area contributed by atoms with Crippen LogP contribution in [0.15, 0.2) is 36.5 Å². The van der Waals surface area contributed by atoms with Gasteiger partial charge in [-0.15, -0.1) is 0 Å². The highest BCUT2D eigenvalue weighted by molar-refractivity contribution is 6.06. The van der Waals surface area contributed by atoms with Crippen molar-refractivity contribution < 1.29 is 9.53 Å². The number of fused-ring (bicyclic) bond motifs is 1. The Labute approximate surface area is 164 Å². The van der Waals surface area contributed by atoms with Gasteiger partial charge in [-0.1, -0.05) is 31.4 Å². The minimum atomic E-state index is -0.0601. The van der Waals surface area contributed by atoms with Crippen LogP contribution in [0.5, 0.6) is 5.75 Å². The van der Waals surface area contributed by atoms with Gasteiger partial charge in [-0.2, -0.15) is 5.10 Å². The smallest absolute Gasteiger partial charge is 0.252 e. The van der Waals surface area contributed by atoms with E-state index in [2.05, 4.69) is 10.4 Å². The molecule has 2 aromatic heterocycles. The second-order valence-corrected chi connectivity index (χ2v) is 7.51. The zero-order chi connectivity index (χ0) is 19.5. The van der Waals surface area contributed by atoms with E-state index >= 15 is 0 Å². The van der Waals surface area contributed by atoms with Gasteiger partial charge in [-0.3, -0.25) is 9.48 Å². The van der Waals surface area contributed by atoms with Crippen LogP contribution < -0.4 is 10.1 Å². The number of carbonyl (C=O) groups is 1. The molecular weight excluding hydrogens is 352 g/mol. The number of aromatic nitrogens is 3. The van der Waals surface area contributed by atoms with Crippen LogP contribution in [0.2, 0.25) is 0 Å². The van der Waals surface area contributed by atoms with Gasteiger partial charge < -0.3 is 10.1 Å². The number of hydrogen-bond donors (Lipinski definition) is 1. The van der Waals surface area contributed by atoms with Crippen LogP contribution in [0.1, 0.15) is 42.5 Å². The maximum Gasteiger partial charge on any atom is 0.252 e. The first-order chi connectivity index (χ1) is 13.7. The number of aryl methyl sites for hydroxylation is 1. The van der Waals surface area contributed by atoms with E-state index < -0.39 is 0 Å². The molecular formula is C22H26N4O2. The van der Waals surface area contributed by atoms with Gasteiger partial charge in [0.15, 0.2) is 5.65 Å². The number of nitrogens with zero attached hydrogens (tertiary/aromatic N) is 3. The zero-order valence-electron chi connectivity index (χ0n) is 16.4. The second-order valence-electron chi connectivity index (χ2n) is 7.51. The lowest BCUT2D eigenvalue weighted by Gasteiger charge is -2.21. The Morgan fingerprint density at radius 2 is 2.07 bits per heavy atom. The van der Waals surface area contributed by atoms with Crippen LogP contribution in [0.3, 0.4) is 0 Å². The van der Waals surface area contributed by atoms with Gasteiger partial charge in [-0.05, 0) is 37.0 Å². The fourth-order valence-electron chi connectivity index (χ4n) is 3.96. The predicted octanol–water partition coefficient (Wildman–Crippen LogP) is 3.95. The van der Waals surface area contributed by atoms with E-state index in [1.807, 2.05) is 37.4 Å². The predicted molar refractivity (Wildman–Crippen MR) is 109 cm³/mol. The molecule has 1 N–H and O–H groups in total. The van der Waals surface area contributed by atoms with Crippen LogP contribution in [0, 0.1) is 5.92 Å². The lowest BCUT2D eigenvalue weighted by molar-refractivity contribution is 0.0945. The van der Waals surface area contributed by atoms with Crippen molar-refractivity contribution in [3.05, 3.63) is 42.1 Å². The molecule has 1 aromatic carbocycles. The topological polar surface area (TPSA) is 69.0 Å². The third-order valence-electron chi connectivity index (χ3n) is 5.59. The molecule has 0 aliphatic heterocycles. The van der Waals surface area contributed by atoms with Crippen molar-refractivity contribution in [3.63, 3.8) is 0 Å². The van der Waals surface area contributed by atoms with Crippen LogP contribution >= 0.6 is 0 Å². The summed E-state index contributed by atoms with van der Waals surface area (Å²) in [5, 5.41) is 8.22. The van der Waals surface area contributed by atoms with E-state index in [1.165, 1.54) is 32.1 Å². The number of pyridine rings is 1. The molecule has 0 unspecified atom stereocenters. The minimum Gasteiger partial charge on any atom is -0.497 e. The lowest BCUT2D eigenvalue weighted by Crippen LogP contribution is -2.30. The third-order valence-corrected chi connectivity index (χ3v) is 5.59. The van der Waals surface area contributed by atoms with E-state index in [0.29, 0.717) is 17.1 Å². The molecule has 0 spiro atoms. The van der Waals surface area contributed by atoms with Crippen molar-refractivity contribution in [1.29, 1.82) is 0 Å². The van der Waals surface area contributed by atoms with Gasteiger partial charge in [0.2, 0.25) is 0 Å². The van der Waals surface area contributed by atoms with E-state index in [9.17, 15) is 4.79 Å². The van der Waals surface area contributed by atoms with Crippen LogP contribution in [-0.2, 0) is 7.05 Å². The summed E-state index contributed by atoms with van der Waals surface area (Å²) >= 11 is 0. The summed E-state index contributed by atoms with van der Waals surface area (Å²) in [5.41, 5.74) is 2.96.